The Morgan fingerprint density at radius 3 is 2.48 bits per heavy atom. The number of allylic oxidation sites excluding steroid dienone is 3. The van der Waals surface area contributed by atoms with Crippen LogP contribution in [-0.4, -0.2) is 12.6 Å². The summed E-state index contributed by atoms with van der Waals surface area (Å²) in [6.45, 7) is 6.60. The molecule has 0 fully saturated rings. The fourth-order valence-corrected chi connectivity index (χ4v) is 1.64. The number of halogens is 1. The van der Waals surface area contributed by atoms with Crippen LogP contribution in [0.15, 0.2) is 47.6 Å². The van der Waals surface area contributed by atoms with Gasteiger partial charge in [0.1, 0.15) is 11.6 Å². The Kier molecular flexibility index (Phi) is 7.23. The summed E-state index contributed by atoms with van der Waals surface area (Å²) in [5.74, 6) is -0.0455. The molecule has 1 aromatic carbocycles. The second kappa shape index (κ2) is 8.95. The van der Waals surface area contributed by atoms with Crippen molar-refractivity contribution in [1.82, 2.24) is 5.32 Å². The van der Waals surface area contributed by atoms with E-state index < -0.39 is 6.09 Å². The molecule has 0 aliphatic carbocycles. The number of hydrogen-bond acceptors (Lipinski definition) is 2. The Bertz CT molecular complexity index is 514. The van der Waals surface area contributed by atoms with Gasteiger partial charge in [-0.2, -0.15) is 0 Å². The largest absolute Gasteiger partial charge is 0.412 e. The summed E-state index contributed by atoms with van der Waals surface area (Å²) in [6, 6.07) is 5.32. The van der Waals surface area contributed by atoms with Gasteiger partial charge >= 0.3 is 6.09 Å². The minimum absolute atomic E-state index is 0.318. The first kappa shape index (κ1) is 17.0. The molecule has 0 radical (unpaired) electrons. The zero-order chi connectivity index (χ0) is 15.7. The first-order valence-electron chi connectivity index (χ1n) is 6.97. The lowest BCUT2D eigenvalue weighted by atomic mass is 10.1. The number of hydrogen-bond donors (Lipinski definition) is 1. The Morgan fingerprint density at radius 1 is 1.19 bits per heavy atom. The molecule has 1 amide bonds. The number of carbonyl (C=O) groups is 1. The van der Waals surface area contributed by atoms with Crippen LogP contribution in [0.2, 0.25) is 0 Å². The Morgan fingerprint density at radius 2 is 1.86 bits per heavy atom. The third-order valence-corrected chi connectivity index (χ3v) is 2.81. The van der Waals surface area contributed by atoms with Gasteiger partial charge in [-0.15, -0.1) is 0 Å². The molecule has 4 heteroatoms. The van der Waals surface area contributed by atoms with Crippen molar-refractivity contribution in [3.8, 4) is 5.75 Å². The maximum absolute atomic E-state index is 12.7. The van der Waals surface area contributed by atoms with Crippen LogP contribution in [-0.2, 0) is 0 Å². The highest BCUT2D eigenvalue weighted by molar-refractivity contribution is 5.70. The van der Waals surface area contributed by atoms with E-state index >= 15 is 0 Å². The number of nitrogens with one attached hydrogen (secondary N) is 1. The molecule has 3 nitrogen and oxygen atoms in total. The van der Waals surface area contributed by atoms with Crippen molar-refractivity contribution < 1.29 is 13.9 Å². The van der Waals surface area contributed by atoms with Crippen molar-refractivity contribution in [1.29, 1.82) is 0 Å². The standard InChI is InChI=1S/C17H22FNO2/c1-13(2)5-4-6-14(3)11-12-19-17(20)21-16-9-7-15(18)8-10-16/h5,7-11H,4,6,12H2,1-3H3,(H,19,20)/b14-11+. The first-order chi connectivity index (χ1) is 9.97. The van der Waals surface area contributed by atoms with Crippen molar-refractivity contribution in [2.45, 2.75) is 33.6 Å². The van der Waals surface area contributed by atoms with Crippen molar-refractivity contribution in [2.75, 3.05) is 6.54 Å². The predicted molar refractivity (Wildman–Crippen MR) is 82.8 cm³/mol. The van der Waals surface area contributed by atoms with E-state index in [0.717, 1.165) is 12.8 Å². The van der Waals surface area contributed by atoms with Crippen molar-refractivity contribution in [3.05, 3.63) is 53.4 Å². The van der Waals surface area contributed by atoms with Crippen LogP contribution in [0, 0.1) is 5.82 Å². The summed E-state index contributed by atoms with van der Waals surface area (Å²) < 4.78 is 17.7. The average molecular weight is 291 g/mol. The van der Waals surface area contributed by atoms with E-state index in [1.165, 1.54) is 35.4 Å². The summed E-state index contributed by atoms with van der Waals surface area (Å²) in [5, 5.41) is 2.63. The highest BCUT2D eigenvalue weighted by atomic mass is 19.1. The third kappa shape index (κ3) is 7.92. The minimum atomic E-state index is -0.546. The lowest BCUT2D eigenvalue weighted by Crippen LogP contribution is -2.26. The molecule has 0 saturated heterocycles. The predicted octanol–water partition coefficient (Wildman–Crippen LogP) is 4.61. The van der Waals surface area contributed by atoms with Gasteiger partial charge in [0.05, 0.1) is 0 Å². The SMILES string of the molecule is CC(C)=CCC/C(C)=C/CNC(=O)Oc1ccc(F)cc1. The van der Waals surface area contributed by atoms with Crippen LogP contribution in [0.1, 0.15) is 33.6 Å². The molecule has 1 aromatic rings. The fraction of sp³-hybridized carbons (Fsp3) is 0.353. The number of amides is 1. The number of benzene rings is 1. The molecule has 114 valence electrons. The van der Waals surface area contributed by atoms with Gasteiger partial charge in [0.2, 0.25) is 0 Å². The van der Waals surface area contributed by atoms with Gasteiger partial charge in [-0.3, -0.25) is 0 Å². The molecule has 0 aromatic heterocycles. The van der Waals surface area contributed by atoms with E-state index in [-0.39, 0.29) is 5.82 Å². The molecular weight excluding hydrogens is 269 g/mol. The molecule has 0 unspecified atom stereocenters. The van der Waals surface area contributed by atoms with E-state index in [2.05, 4.69) is 25.2 Å². The van der Waals surface area contributed by atoms with Crippen molar-refractivity contribution in [3.63, 3.8) is 0 Å². The van der Waals surface area contributed by atoms with Crippen LogP contribution < -0.4 is 10.1 Å². The molecule has 1 N–H and O–H groups in total. The molecule has 0 atom stereocenters. The maximum atomic E-state index is 12.7. The van der Waals surface area contributed by atoms with E-state index in [0.29, 0.717) is 12.3 Å². The van der Waals surface area contributed by atoms with E-state index in [9.17, 15) is 9.18 Å². The summed E-state index contributed by atoms with van der Waals surface area (Å²) in [4.78, 5) is 11.5. The van der Waals surface area contributed by atoms with Gasteiger partial charge in [0.25, 0.3) is 0 Å². The molecule has 0 aliphatic rings. The monoisotopic (exact) mass is 291 g/mol. The Hall–Kier alpha value is -2.10. The highest BCUT2D eigenvalue weighted by Crippen LogP contribution is 2.11. The molecule has 0 saturated carbocycles. The zero-order valence-corrected chi connectivity index (χ0v) is 12.8. The summed E-state index contributed by atoms with van der Waals surface area (Å²) in [6.07, 6.45) is 5.58. The number of ether oxygens (including phenoxy) is 1. The van der Waals surface area contributed by atoms with E-state index in [1.807, 2.05) is 13.0 Å². The Labute approximate surface area is 125 Å². The molecule has 0 bridgehead atoms. The maximum Gasteiger partial charge on any atom is 0.412 e. The van der Waals surface area contributed by atoms with Crippen LogP contribution >= 0.6 is 0 Å². The van der Waals surface area contributed by atoms with Crippen LogP contribution in [0.5, 0.6) is 5.75 Å². The summed E-state index contributed by atoms with van der Waals surface area (Å²) in [7, 11) is 0. The smallest absolute Gasteiger partial charge is 0.410 e. The summed E-state index contributed by atoms with van der Waals surface area (Å²) >= 11 is 0. The fourth-order valence-electron chi connectivity index (χ4n) is 1.64. The molecule has 0 spiro atoms. The lowest BCUT2D eigenvalue weighted by molar-refractivity contribution is 0.201. The third-order valence-electron chi connectivity index (χ3n) is 2.81. The van der Waals surface area contributed by atoms with Gasteiger partial charge in [-0.25, -0.2) is 9.18 Å². The quantitative estimate of drug-likeness (QED) is 0.777. The number of carbonyl (C=O) groups excluding carboxylic acids is 1. The normalized spacial score (nSPS) is 11.0. The van der Waals surface area contributed by atoms with Crippen molar-refractivity contribution in [2.24, 2.45) is 0 Å². The lowest BCUT2D eigenvalue weighted by Gasteiger charge is -2.05. The van der Waals surface area contributed by atoms with Gasteiger partial charge in [0, 0.05) is 6.54 Å². The van der Waals surface area contributed by atoms with Crippen LogP contribution in [0.4, 0.5) is 9.18 Å². The average Bonchev–Trinajstić information content (AvgIpc) is 2.41. The van der Waals surface area contributed by atoms with Crippen molar-refractivity contribution >= 4 is 6.09 Å². The van der Waals surface area contributed by atoms with E-state index in [1.54, 1.807) is 0 Å². The molecule has 0 heterocycles. The van der Waals surface area contributed by atoms with Gasteiger partial charge < -0.3 is 10.1 Å². The second-order valence-electron chi connectivity index (χ2n) is 5.09. The number of rotatable bonds is 6. The molecule has 1 rings (SSSR count). The van der Waals surface area contributed by atoms with Gasteiger partial charge in [-0.05, 0) is 57.9 Å². The minimum Gasteiger partial charge on any atom is -0.410 e. The topological polar surface area (TPSA) is 38.3 Å². The molecule has 21 heavy (non-hydrogen) atoms. The van der Waals surface area contributed by atoms with Crippen LogP contribution in [0.3, 0.4) is 0 Å². The first-order valence-corrected chi connectivity index (χ1v) is 6.97. The Balaban J connectivity index is 2.29. The molecular formula is C17H22FNO2. The van der Waals surface area contributed by atoms with Gasteiger partial charge in [-0.1, -0.05) is 23.3 Å². The highest BCUT2D eigenvalue weighted by Gasteiger charge is 2.02. The zero-order valence-electron chi connectivity index (χ0n) is 12.8. The van der Waals surface area contributed by atoms with E-state index in [4.69, 9.17) is 4.74 Å². The summed E-state index contributed by atoms with van der Waals surface area (Å²) in [5.41, 5.74) is 2.53. The second-order valence-corrected chi connectivity index (χ2v) is 5.09. The van der Waals surface area contributed by atoms with Gasteiger partial charge in [0.15, 0.2) is 0 Å². The van der Waals surface area contributed by atoms with Crippen LogP contribution in [0.25, 0.3) is 0 Å². The molecule has 0 aliphatic heterocycles.